The maximum absolute atomic E-state index is 13.0. The summed E-state index contributed by atoms with van der Waals surface area (Å²) in [6.07, 6.45) is 8.26. The second kappa shape index (κ2) is 9.24. The van der Waals surface area contributed by atoms with Crippen LogP contribution in [0.4, 0.5) is 5.82 Å². The number of fused-ring (bicyclic) bond motifs is 1. The number of hydrogen-bond donors (Lipinski definition) is 2. The number of aromatic amines is 1. The third-order valence-electron chi connectivity index (χ3n) is 6.82. The molecule has 1 saturated carbocycles. The second-order valence-corrected chi connectivity index (χ2v) is 12.9. The van der Waals surface area contributed by atoms with Crippen molar-refractivity contribution in [3.05, 3.63) is 18.6 Å². The van der Waals surface area contributed by atoms with E-state index in [1.54, 1.807) is 6.33 Å². The molecule has 2 aromatic rings. The van der Waals surface area contributed by atoms with Crippen LogP contribution in [0.2, 0.25) is 0 Å². The molecule has 1 saturated heterocycles. The average Bonchev–Trinajstić information content (AvgIpc) is 3.21. The molecule has 2 aliphatic rings. The fraction of sp³-hybridized carbons (Fsp3) is 0.700. The molecule has 12 heteroatoms. The van der Waals surface area contributed by atoms with Gasteiger partial charge in [-0.1, -0.05) is 0 Å². The number of anilines is 1. The number of sulfonamides is 2. The van der Waals surface area contributed by atoms with Gasteiger partial charge in [0, 0.05) is 32.4 Å². The summed E-state index contributed by atoms with van der Waals surface area (Å²) in [4.78, 5) is 14.0. The summed E-state index contributed by atoms with van der Waals surface area (Å²) in [5.41, 5.74) is 0.809. The summed E-state index contributed by atoms with van der Waals surface area (Å²) < 4.78 is 50.4. The summed E-state index contributed by atoms with van der Waals surface area (Å²) >= 11 is 0. The number of nitrogens with one attached hydrogen (secondary N) is 1. The molecule has 2 aromatic heterocycles. The van der Waals surface area contributed by atoms with Gasteiger partial charge in [0.2, 0.25) is 20.0 Å². The van der Waals surface area contributed by atoms with Gasteiger partial charge in [-0.3, -0.25) is 0 Å². The van der Waals surface area contributed by atoms with Crippen molar-refractivity contribution in [2.24, 2.45) is 17.0 Å². The predicted molar refractivity (Wildman–Crippen MR) is 124 cm³/mol. The van der Waals surface area contributed by atoms with Crippen LogP contribution in [0.5, 0.6) is 0 Å². The molecule has 1 aliphatic carbocycles. The largest absolute Gasteiger partial charge is 0.356 e. The molecule has 3 heterocycles. The standard InChI is InChI=1S/C20H32N6O4S2/c1-25(20-18-8-9-22-19(18)23-14-24-20)17-6-4-15(5-7-17)13-32(29,30)26-10-2-3-16(11-26)12-31(21,27)28/h8-9,14-17H,2-7,10-13H2,1H3,(H2,21,27,28)(H,22,23,24)/t15-,16?,17-. The van der Waals surface area contributed by atoms with E-state index in [0.29, 0.717) is 25.4 Å². The number of nitrogens with two attached hydrogens (primary N) is 1. The molecular weight excluding hydrogens is 452 g/mol. The van der Waals surface area contributed by atoms with Crippen molar-refractivity contribution in [2.75, 3.05) is 36.5 Å². The van der Waals surface area contributed by atoms with Crippen LogP contribution in [0.1, 0.15) is 38.5 Å². The van der Waals surface area contributed by atoms with E-state index in [1.807, 2.05) is 19.3 Å². The van der Waals surface area contributed by atoms with E-state index in [2.05, 4.69) is 19.9 Å². The topological polar surface area (TPSA) is 142 Å². The van der Waals surface area contributed by atoms with Gasteiger partial charge in [0.1, 0.15) is 17.8 Å². The summed E-state index contributed by atoms with van der Waals surface area (Å²) in [6.45, 7) is 0.707. The van der Waals surface area contributed by atoms with Crippen LogP contribution in [0, 0.1) is 11.8 Å². The van der Waals surface area contributed by atoms with Crippen molar-refractivity contribution in [2.45, 2.75) is 44.6 Å². The van der Waals surface area contributed by atoms with E-state index in [0.717, 1.165) is 42.5 Å². The first-order chi connectivity index (χ1) is 15.1. The number of nitrogens with zero attached hydrogens (tertiary/aromatic N) is 4. The number of primary sulfonamides is 1. The lowest BCUT2D eigenvalue weighted by molar-refractivity contribution is 0.276. The van der Waals surface area contributed by atoms with Gasteiger partial charge in [-0.05, 0) is 56.4 Å². The van der Waals surface area contributed by atoms with Gasteiger partial charge in [0.15, 0.2) is 0 Å². The lowest BCUT2D eigenvalue weighted by Crippen LogP contribution is -2.45. The number of aromatic nitrogens is 3. The number of H-pyrrole nitrogens is 1. The third-order valence-corrected chi connectivity index (χ3v) is 9.77. The Balaban J connectivity index is 1.33. The van der Waals surface area contributed by atoms with E-state index < -0.39 is 20.0 Å². The zero-order chi connectivity index (χ0) is 22.9. The Kier molecular flexibility index (Phi) is 6.76. The Bertz CT molecular complexity index is 1140. The Morgan fingerprint density at radius 3 is 2.56 bits per heavy atom. The molecule has 0 radical (unpaired) electrons. The molecule has 4 rings (SSSR count). The van der Waals surface area contributed by atoms with E-state index in [9.17, 15) is 16.8 Å². The molecular formula is C20H32N6O4S2. The second-order valence-electron chi connectivity index (χ2n) is 9.20. The fourth-order valence-corrected chi connectivity index (χ4v) is 8.07. The minimum Gasteiger partial charge on any atom is -0.356 e. The van der Waals surface area contributed by atoms with Crippen molar-refractivity contribution < 1.29 is 16.8 Å². The minimum atomic E-state index is -3.60. The summed E-state index contributed by atoms with van der Waals surface area (Å²) in [5, 5.41) is 6.15. The first kappa shape index (κ1) is 23.4. The van der Waals surface area contributed by atoms with Crippen LogP contribution in [-0.2, 0) is 20.0 Å². The molecule has 178 valence electrons. The first-order valence-electron chi connectivity index (χ1n) is 11.1. The Morgan fingerprint density at radius 1 is 1.09 bits per heavy atom. The van der Waals surface area contributed by atoms with Gasteiger partial charge < -0.3 is 9.88 Å². The molecule has 0 amide bonds. The van der Waals surface area contributed by atoms with Crippen LogP contribution < -0.4 is 10.0 Å². The summed E-state index contributed by atoms with van der Waals surface area (Å²) in [7, 11) is -4.99. The summed E-state index contributed by atoms with van der Waals surface area (Å²) in [6, 6.07) is 2.28. The normalized spacial score (nSPS) is 25.8. The van der Waals surface area contributed by atoms with Crippen molar-refractivity contribution in [1.82, 2.24) is 19.3 Å². The maximum Gasteiger partial charge on any atom is 0.214 e. The molecule has 0 bridgehead atoms. The monoisotopic (exact) mass is 484 g/mol. The highest BCUT2D eigenvalue weighted by molar-refractivity contribution is 7.89. The molecule has 1 atom stereocenters. The van der Waals surface area contributed by atoms with Crippen LogP contribution in [0.15, 0.2) is 18.6 Å². The number of hydrogen-bond acceptors (Lipinski definition) is 7. The van der Waals surface area contributed by atoms with Gasteiger partial charge in [-0.2, -0.15) is 0 Å². The van der Waals surface area contributed by atoms with Crippen molar-refractivity contribution in [1.29, 1.82) is 0 Å². The highest BCUT2D eigenvalue weighted by atomic mass is 32.2. The molecule has 1 unspecified atom stereocenters. The Morgan fingerprint density at radius 2 is 1.84 bits per heavy atom. The highest BCUT2D eigenvalue weighted by Gasteiger charge is 2.34. The lowest BCUT2D eigenvalue weighted by atomic mass is 9.86. The Hall–Kier alpha value is -1.76. The van der Waals surface area contributed by atoms with E-state index in [-0.39, 0.29) is 29.9 Å². The fourth-order valence-electron chi connectivity index (χ4n) is 5.16. The Labute approximate surface area is 189 Å². The van der Waals surface area contributed by atoms with Crippen LogP contribution in [0.25, 0.3) is 11.0 Å². The lowest BCUT2D eigenvalue weighted by Gasteiger charge is -2.37. The van der Waals surface area contributed by atoms with E-state index in [1.165, 1.54) is 4.31 Å². The zero-order valence-corrected chi connectivity index (χ0v) is 20.0. The number of piperidine rings is 1. The molecule has 1 aliphatic heterocycles. The van der Waals surface area contributed by atoms with Crippen LogP contribution in [-0.4, -0.2) is 73.8 Å². The van der Waals surface area contributed by atoms with Gasteiger partial charge in [-0.25, -0.2) is 36.2 Å². The van der Waals surface area contributed by atoms with Gasteiger partial charge in [-0.15, -0.1) is 0 Å². The van der Waals surface area contributed by atoms with Gasteiger partial charge in [0.05, 0.1) is 16.9 Å². The molecule has 0 aromatic carbocycles. The maximum atomic E-state index is 13.0. The van der Waals surface area contributed by atoms with Crippen molar-refractivity contribution in [3.63, 3.8) is 0 Å². The molecule has 32 heavy (non-hydrogen) atoms. The van der Waals surface area contributed by atoms with E-state index in [4.69, 9.17) is 5.14 Å². The smallest absolute Gasteiger partial charge is 0.214 e. The molecule has 10 nitrogen and oxygen atoms in total. The van der Waals surface area contributed by atoms with Gasteiger partial charge >= 0.3 is 0 Å². The predicted octanol–water partition coefficient (Wildman–Crippen LogP) is 1.28. The zero-order valence-electron chi connectivity index (χ0n) is 18.4. The minimum absolute atomic E-state index is 0.112. The highest BCUT2D eigenvalue weighted by Crippen LogP contribution is 2.33. The average molecular weight is 485 g/mol. The molecule has 0 spiro atoms. The van der Waals surface area contributed by atoms with E-state index >= 15 is 0 Å². The van der Waals surface area contributed by atoms with Crippen molar-refractivity contribution >= 4 is 36.9 Å². The first-order valence-corrected chi connectivity index (χ1v) is 14.4. The van der Waals surface area contributed by atoms with Gasteiger partial charge in [0.25, 0.3) is 0 Å². The summed E-state index contributed by atoms with van der Waals surface area (Å²) in [5.74, 6) is 0.744. The molecule has 2 fully saturated rings. The molecule has 3 N–H and O–H groups in total. The van der Waals surface area contributed by atoms with Crippen LogP contribution >= 0.6 is 0 Å². The number of rotatable bonds is 7. The van der Waals surface area contributed by atoms with Crippen LogP contribution in [0.3, 0.4) is 0 Å². The SMILES string of the molecule is CN(c1ncnc2[nH]ccc12)[C@H]1CC[C@H](CS(=O)(=O)N2CCCC(CS(N)(=O)=O)C2)CC1. The third kappa shape index (κ3) is 5.41. The van der Waals surface area contributed by atoms with Crippen molar-refractivity contribution in [3.8, 4) is 0 Å². The quantitative estimate of drug-likeness (QED) is 0.603.